The fourth-order valence-electron chi connectivity index (χ4n) is 12.0. The first kappa shape index (κ1) is 63.5. The van der Waals surface area contributed by atoms with E-state index in [-0.39, 0.29) is 0 Å². The van der Waals surface area contributed by atoms with Gasteiger partial charge >= 0.3 is 0 Å². The predicted molar refractivity (Wildman–Crippen MR) is 341 cm³/mol. The van der Waals surface area contributed by atoms with E-state index in [1.165, 1.54) is 287 Å². The molecule has 0 radical (unpaired) electrons. The summed E-state index contributed by atoms with van der Waals surface area (Å²) in [6.45, 7) is 9.32. The van der Waals surface area contributed by atoms with Crippen molar-refractivity contribution in [3.63, 3.8) is 0 Å². The molecule has 0 bridgehead atoms. The molecule has 0 aromatic heterocycles. The van der Waals surface area contributed by atoms with Gasteiger partial charge in [-0.05, 0) is 120 Å². The van der Waals surface area contributed by atoms with Gasteiger partial charge in [-0.2, -0.15) is 0 Å². The Labute approximate surface area is 468 Å². The molecule has 1 aliphatic carbocycles. The third-order valence-electron chi connectivity index (χ3n) is 16.8. The van der Waals surface area contributed by atoms with Crippen molar-refractivity contribution in [2.24, 2.45) is 0 Å². The molecule has 0 heterocycles. The van der Waals surface area contributed by atoms with E-state index >= 15 is 0 Å². The van der Waals surface area contributed by atoms with Gasteiger partial charge in [0, 0.05) is 22.2 Å². The number of unbranched alkanes of at least 4 members (excludes halogenated alkanes) is 28. The topological polar surface area (TPSA) is 3.24 Å². The van der Waals surface area contributed by atoms with Crippen molar-refractivity contribution in [1.29, 1.82) is 0 Å². The molecular formula is C72H115NP2. The minimum Gasteiger partial charge on any atom is -0.242 e. The van der Waals surface area contributed by atoms with Crippen LogP contribution in [0.25, 0.3) is 0 Å². The molecule has 4 aromatic carbocycles. The van der Waals surface area contributed by atoms with E-state index in [1.807, 2.05) is 0 Å². The van der Waals surface area contributed by atoms with Gasteiger partial charge in [-0.3, -0.25) is 0 Å². The lowest BCUT2D eigenvalue weighted by molar-refractivity contribution is 0.373. The molecule has 0 spiro atoms. The lowest BCUT2D eigenvalue weighted by atomic mass is 9.97. The molecule has 1 aliphatic rings. The van der Waals surface area contributed by atoms with Crippen molar-refractivity contribution >= 4 is 37.4 Å². The van der Waals surface area contributed by atoms with Crippen LogP contribution in [0.4, 0.5) is 0 Å². The van der Waals surface area contributed by atoms with Crippen LogP contribution in [0.1, 0.15) is 300 Å². The quantitative estimate of drug-likeness (QED) is 0.0315. The van der Waals surface area contributed by atoms with E-state index in [2.05, 4.69) is 129 Å². The molecule has 0 N–H and O–H groups in total. The third kappa shape index (κ3) is 26.0. The highest BCUT2D eigenvalue weighted by atomic mass is 31.2. The summed E-state index contributed by atoms with van der Waals surface area (Å²) in [7, 11) is -1.65. The van der Waals surface area contributed by atoms with E-state index in [4.69, 9.17) is 0 Å². The van der Waals surface area contributed by atoms with Crippen molar-refractivity contribution < 1.29 is 0 Å². The molecular weight excluding hydrogens is 941 g/mol. The smallest absolute Gasteiger partial charge is 0.0326 e. The third-order valence-corrected chi connectivity index (χ3v) is 22.4. The highest BCUT2D eigenvalue weighted by molar-refractivity contribution is 7.84. The number of aryl methyl sites for hydroxylation is 4. The first-order chi connectivity index (χ1) is 37.1. The van der Waals surface area contributed by atoms with E-state index < -0.39 is 16.1 Å². The van der Waals surface area contributed by atoms with Crippen LogP contribution in [-0.4, -0.2) is 10.5 Å². The molecule has 0 atom stereocenters. The maximum atomic E-state index is 3.25. The van der Waals surface area contributed by atoms with Crippen LogP contribution in [-0.2, 0) is 25.7 Å². The molecule has 418 valence electrons. The summed E-state index contributed by atoms with van der Waals surface area (Å²) in [5.41, 5.74) is 6.17. The second kappa shape index (κ2) is 41.7. The van der Waals surface area contributed by atoms with Gasteiger partial charge in [0.05, 0.1) is 0 Å². The highest BCUT2D eigenvalue weighted by Gasteiger charge is 2.37. The van der Waals surface area contributed by atoms with Gasteiger partial charge in [0.1, 0.15) is 0 Å². The fourth-order valence-corrected chi connectivity index (χ4v) is 18.5. The van der Waals surface area contributed by atoms with E-state index in [0.717, 1.165) is 0 Å². The van der Waals surface area contributed by atoms with E-state index in [1.54, 1.807) is 32.3 Å². The Morgan fingerprint density at radius 1 is 0.293 bits per heavy atom. The van der Waals surface area contributed by atoms with Crippen molar-refractivity contribution in [2.45, 2.75) is 310 Å². The zero-order valence-electron chi connectivity index (χ0n) is 49.6. The summed E-state index contributed by atoms with van der Waals surface area (Å²) < 4.78 is 3.25. The summed E-state index contributed by atoms with van der Waals surface area (Å²) >= 11 is 0. The van der Waals surface area contributed by atoms with Crippen LogP contribution in [0.15, 0.2) is 97.1 Å². The molecule has 1 fully saturated rings. The SMILES string of the molecule is CCCCCCCCCCc1ccc(P(c2ccc(CCCCCCCCCC)cc2)N(C2CCCCCCC2)P(c2cccc(CCCCCCCCCC)c2)c2cccc(CCCCCCCCCC)c2)cc1. The minimum atomic E-state index is -0.830. The first-order valence-corrected chi connectivity index (χ1v) is 35.5. The Bertz CT molecular complexity index is 1820. The fraction of sp³-hybridized carbons (Fsp3) is 0.667. The van der Waals surface area contributed by atoms with Gasteiger partial charge in [-0.25, -0.2) is 4.44 Å². The second-order valence-corrected chi connectivity index (χ2v) is 28.0. The van der Waals surface area contributed by atoms with Crippen LogP contribution >= 0.6 is 16.1 Å². The number of rotatable bonds is 43. The second-order valence-electron chi connectivity index (χ2n) is 23.5. The van der Waals surface area contributed by atoms with Crippen LogP contribution in [0, 0.1) is 0 Å². The van der Waals surface area contributed by atoms with Crippen LogP contribution in [0.5, 0.6) is 0 Å². The molecule has 0 amide bonds. The van der Waals surface area contributed by atoms with Gasteiger partial charge in [-0.1, -0.05) is 325 Å². The average molecular weight is 1060 g/mol. The summed E-state index contributed by atoms with van der Waals surface area (Å²) in [6.07, 6.45) is 58.4. The maximum absolute atomic E-state index is 3.25. The number of nitrogens with zero attached hydrogens (tertiary/aromatic N) is 1. The zero-order valence-corrected chi connectivity index (χ0v) is 51.4. The Hall–Kier alpha value is -2.30. The Morgan fingerprint density at radius 2 is 0.573 bits per heavy atom. The largest absolute Gasteiger partial charge is 0.242 e. The van der Waals surface area contributed by atoms with Crippen molar-refractivity contribution in [3.05, 3.63) is 119 Å². The summed E-state index contributed by atoms with van der Waals surface area (Å²) in [4.78, 5) is 0. The van der Waals surface area contributed by atoms with Gasteiger partial charge in [0.25, 0.3) is 0 Å². The molecule has 75 heavy (non-hydrogen) atoms. The van der Waals surface area contributed by atoms with Gasteiger partial charge in [-0.15, -0.1) is 0 Å². The number of hydrogen-bond acceptors (Lipinski definition) is 1. The highest BCUT2D eigenvalue weighted by Crippen LogP contribution is 2.58. The number of hydrogen-bond donors (Lipinski definition) is 0. The van der Waals surface area contributed by atoms with Crippen LogP contribution in [0.3, 0.4) is 0 Å². The standard InChI is InChI=1S/C72H115NP2/c1-5-9-13-17-21-25-30-36-44-64-54-58-69(59-55-64)74(70-60-56-65(57-61-70)45-37-31-26-22-18-14-10-6-2)73(68-50-40-34-29-35-41-51-68)75(71-52-42-48-66(62-71)46-38-32-27-23-19-15-11-7-3)72-53-43-49-67(63-72)47-39-33-28-24-20-16-12-8-4/h42-43,48-49,52-63,68H,5-41,44-47,50-51H2,1-4H3. The molecule has 4 aromatic rings. The van der Waals surface area contributed by atoms with Crippen molar-refractivity contribution in [1.82, 2.24) is 4.44 Å². The first-order valence-electron chi connectivity index (χ1n) is 32.9. The summed E-state index contributed by atoms with van der Waals surface area (Å²) in [6, 6.07) is 41.6. The lowest BCUT2D eigenvalue weighted by Crippen LogP contribution is -2.39. The van der Waals surface area contributed by atoms with Crippen LogP contribution in [0.2, 0.25) is 0 Å². The Morgan fingerprint density at radius 3 is 0.907 bits per heavy atom. The molecule has 1 saturated carbocycles. The Kier molecular flexibility index (Phi) is 35.3. The van der Waals surface area contributed by atoms with E-state index in [0.29, 0.717) is 6.04 Å². The normalized spacial score (nSPS) is 13.6. The molecule has 1 nitrogen and oxygen atoms in total. The molecule has 5 rings (SSSR count). The molecule has 0 unspecified atom stereocenters. The van der Waals surface area contributed by atoms with Crippen molar-refractivity contribution in [3.8, 4) is 0 Å². The average Bonchev–Trinajstić information content (AvgIpc) is 3.42. The zero-order chi connectivity index (χ0) is 52.6. The molecule has 3 heteroatoms. The molecule has 0 aliphatic heterocycles. The monoisotopic (exact) mass is 1060 g/mol. The lowest BCUT2D eigenvalue weighted by Gasteiger charge is -2.45. The van der Waals surface area contributed by atoms with E-state index in [9.17, 15) is 0 Å². The van der Waals surface area contributed by atoms with Gasteiger partial charge in [0.2, 0.25) is 0 Å². The minimum absolute atomic E-state index is 0.546. The molecule has 0 saturated heterocycles. The van der Waals surface area contributed by atoms with Crippen molar-refractivity contribution in [2.75, 3.05) is 0 Å². The summed E-state index contributed by atoms with van der Waals surface area (Å²) in [5, 5.41) is 6.28. The van der Waals surface area contributed by atoms with Gasteiger partial charge in [0.15, 0.2) is 0 Å². The predicted octanol–water partition coefficient (Wildman–Crippen LogP) is 22.2. The Balaban J connectivity index is 1.52. The summed E-state index contributed by atoms with van der Waals surface area (Å²) in [5.74, 6) is 0. The van der Waals surface area contributed by atoms with Crippen LogP contribution < -0.4 is 21.2 Å². The maximum Gasteiger partial charge on any atom is 0.0326 e. The number of benzene rings is 4. The van der Waals surface area contributed by atoms with Gasteiger partial charge < -0.3 is 0 Å².